The molecule has 0 N–H and O–H groups in total. The number of benzene rings is 4. The second-order valence-corrected chi connectivity index (χ2v) is 10.3. The van der Waals surface area contributed by atoms with Crippen LogP contribution in [0.3, 0.4) is 0 Å². The molecule has 0 saturated heterocycles. The van der Waals surface area contributed by atoms with Crippen LogP contribution < -0.4 is 0 Å². The van der Waals surface area contributed by atoms with Crippen molar-refractivity contribution < 1.29 is 26.3 Å². The summed E-state index contributed by atoms with van der Waals surface area (Å²) < 4.78 is 81.7. The van der Waals surface area contributed by atoms with Crippen molar-refractivity contribution in [2.75, 3.05) is 0 Å². The lowest BCUT2D eigenvalue weighted by molar-refractivity contribution is -0.138. The molecule has 0 bridgehead atoms. The van der Waals surface area contributed by atoms with Crippen LogP contribution >= 0.6 is 23.2 Å². The van der Waals surface area contributed by atoms with Crippen LogP contribution in [0.2, 0.25) is 0 Å². The number of rotatable bonds is 7. The predicted octanol–water partition coefficient (Wildman–Crippen LogP) is 11.8. The minimum Gasteiger partial charge on any atom is -0.166 e. The lowest BCUT2D eigenvalue weighted by atomic mass is 9.90. The zero-order valence-corrected chi connectivity index (χ0v) is 24.2. The van der Waals surface area contributed by atoms with E-state index in [4.69, 9.17) is 23.2 Å². The van der Waals surface area contributed by atoms with Gasteiger partial charge < -0.3 is 0 Å². The summed E-state index contributed by atoms with van der Waals surface area (Å²) in [4.78, 5) is 0. The standard InChI is InChI=1S/C34H26Cl2F6/c1-21-25(11-13-27-17-23(19-35)9-15-31(27)33(37,38)39)5-3-7-29(21)30-8-4-6-26(22(30)2)12-14-28-18-24(20-36)10-16-32(28)34(40,41)42/h3-18H,19-20H2,1-2H3/b13-11+,14-12+. The van der Waals surface area contributed by atoms with Gasteiger partial charge in [0.2, 0.25) is 0 Å². The Balaban J connectivity index is 1.72. The Morgan fingerprint density at radius 3 is 1.21 bits per heavy atom. The van der Waals surface area contributed by atoms with Crippen LogP contribution in [0.5, 0.6) is 0 Å². The number of halogens is 8. The Morgan fingerprint density at radius 1 is 0.524 bits per heavy atom. The van der Waals surface area contributed by atoms with Crippen molar-refractivity contribution in [2.24, 2.45) is 0 Å². The third kappa shape index (κ3) is 7.11. The van der Waals surface area contributed by atoms with E-state index in [0.717, 1.165) is 45.5 Å². The van der Waals surface area contributed by atoms with Gasteiger partial charge in [-0.05, 0) is 93.7 Å². The molecule has 0 aliphatic heterocycles. The van der Waals surface area contributed by atoms with Crippen molar-refractivity contribution in [3.8, 4) is 11.1 Å². The Labute approximate surface area is 250 Å². The molecule has 4 aromatic carbocycles. The monoisotopic (exact) mass is 618 g/mol. The van der Waals surface area contributed by atoms with E-state index in [1.54, 1.807) is 12.2 Å². The summed E-state index contributed by atoms with van der Waals surface area (Å²) in [5.74, 6) is 0.181. The van der Waals surface area contributed by atoms with Gasteiger partial charge in [0, 0.05) is 11.8 Å². The summed E-state index contributed by atoms with van der Waals surface area (Å²) in [5, 5.41) is 0. The third-order valence-corrected chi connectivity index (χ3v) is 7.70. The predicted molar refractivity (Wildman–Crippen MR) is 161 cm³/mol. The highest BCUT2D eigenvalue weighted by Gasteiger charge is 2.33. The third-order valence-electron chi connectivity index (χ3n) is 7.08. The van der Waals surface area contributed by atoms with Gasteiger partial charge >= 0.3 is 12.4 Å². The van der Waals surface area contributed by atoms with E-state index < -0.39 is 23.5 Å². The average Bonchev–Trinajstić information content (AvgIpc) is 2.95. The van der Waals surface area contributed by atoms with E-state index in [9.17, 15) is 26.3 Å². The second kappa shape index (κ2) is 12.8. The quantitative estimate of drug-likeness (QED) is 0.110. The SMILES string of the molecule is Cc1c(/C=C/c2cc(CCl)ccc2C(F)(F)F)cccc1-c1cccc(/C=C/c2cc(CCl)ccc2C(F)(F)F)c1C. The molecule has 0 nitrogen and oxygen atoms in total. The van der Waals surface area contributed by atoms with Gasteiger partial charge in [0.05, 0.1) is 11.1 Å². The second-order valence-electron chi connectivity index (χ2n) is 9.81. The summed E-state index contributed by atoms with van der Waals surface area (Å²) in [6.07, 6.45) is -2.88. The van der Waals surface area contributed by atoms with E-state index in [2.05, 4.69) is 0 Å². The molecule has 218 valence electrons. The van der Waals surface area contributed by atoms with Crippen LogP contribution in [0, 0.1) is 13.8 Å². The first-order valence-corrected chi connectivity index (χ1v) is 14.0. The molecule has 0 radical (unpaired) electrons. The van der Waals surface area contributed by atoms with Crippen LogP contribution in [0.4, 0.5) is 26.3 Å². The number of hydrogen-bond acceptors (Lipinski definition) is 0. The van der Waals surface area contributed by atoms with Gasteiger partial charge in [-0.2, -0.15) is 26.3 Å². The highest BCUT2D eigenvalue weighted by molar-refractivity contribution is 6.17. The van der Waals surface area contributed by atoms with E-state index in [1.165, 1.54) is 36.4 Å². The van der Waals surface area contributed by atoms with Crippen LogP contribution in [-0.2, 0) is 24.1 Å². The topological polar surface area (TPSA) is 0 Å². The number of hydrogen-bond donors (Lipinski definition) is 0. The molecular formula is C34H26Cl2F6. The van der Waals surface area contributed by atoms with Crippen LogP contribution in [0.15, 0.2) is 72.8 Å². The minimum absolute atomic E-state index is 0.0187. The normalized spacial score (nSPS) is 12.5. The van der Waals surface area contributed by atoms with Crippen LogP contribution in [0.1, 0.15) is 55.6 Å². The lowest BCUT2D eigenvalue weighted by Crippen LogP contribution is -2.07. The average molecular weight is 619 g/mol. The zero-order valence-electron chi connectivity index (χ0n) is 22.7. The highest BCUT2D eigenvalue weighted by atomic mass is 35.5. The largest absolute Gasteiger partial charge is 0.416 e. The van der Waals surface area contributed by atoms with E-state index >= 15 is 0 Å². The molecule has 4 aromatic rings. The molecular weight excluding hydrogens is 593 g/mol. The molecule has 0 fully saturated rings. The summed E-state index contributed by atoms with van der Waals surface area (Å²) >= 11 is 11.7. The maximum Gasteiger partial charge on any atom is 0.416 e. The van der Waals surface area contributed by atoms with Crippen molar-refractivity contribution in [3.63, 3.8) is 0 Å². The first kappa shape index (κ1) is 31.5. The first-order valence-electron chi connectivity index (χ1n) is 12.9. The van der Waals surface area contributed by atoms with Crippen molar-refractivity contribution in [2.45, 2.75) is 38.0 Å². The van der Waals surface area contributed by atoms with Gasteiger partial charge in [0.25, 0.3) is 0 Å². The van der Waals surface area contributed by atoms with Crippen molar-refractivity contribution in [1.29, 1.82) is 0 Å². The Morgan fingerprint density at radius 2 is 0.881 bits per heavy atom. The fraction of sp³-hybridized carbons (Fsp3) is 0.176. The lowest BCUT2D eigenvalue weighted by Gasteiger charge is -2.15. The van der Waals surface area contributed by atoms with Crippen LogP contribution in [0.25, 0.3) is 35.4 Å². The fourth-order valence-corrected chi connectivity index (χ4v) is 5.13. The summed E-state index contributed by atoms with van der Waals surface area (Å²) in [5.41, 5.74) is 4.54. The minimum atomic E-state index is -4.52. The van der Waals surface area contributed by atoms with Gasteiger partial charge in [-0.1, -0.05) is 72.8 Å². The van der Waals surface area contributed by atoms with Crippen LogP contribution in [-0.4, -0.2) is 0 Å². The Kier molecular flexibility index (Phi) is 9.59. The van der Waals surface area contributed by atoms with E-state index in [1.807, 2.05) is 50.2 Å². The van der Waals surface area contributed by atoms with Crippen molar-refractivity contribution in [3.05, 3.63) is 128 Å². The molecule has 0 unspecified atom stereocenters. The van der Waals surface area contributed by atoms with Gasteiger partial charge in [-0.15, -0.1) is 23.2 Å². The van der Waals surface area contributed by atoms with Gasteiger partial charge in [0.1, 0.15) is 0 Å². The Bertz CT molecular complexity index is 1520. The molecule has 8 heteroatoms. The molecule has 0 saturated carbocycles. The fourth-order valence-electron chi connectivity index (χ4n) is 4.79. The molecule has 0 aliphatic carbocycles. The molecule has 0 atom stereocenters. The summed E-state index contributed by atoms with van der Waals surface area (Å²) in [7, 11) is 0. The molecule has 0 aromatic heterocycles. The maximum absolute atomic E-state index is 13.6. The van der Waals surface area contributed by atoms with Crippen molar-refractivity contribution in [1.82, 2.24) is 0 Å². The zero-order chi connectivity index (χ0) is 30.7. The smallest absolute Gasteiger partial charge is 0.166 e. The molecule has 42 heavy (non-hydrogen) atoms. The molecule has 0 aliphatic rings. The number of alkyl halides is 8. The van der Waals surface area contributed by atoms with Gasteiger partial charge in [-0.3, -0.25) is 0 Å². The molecule has 0 amide bonds. The molecule has 0 spiro atoms. The van der Waals surface area contributed by atoms with E-state index in [0.29, 0.717) is 11.1 Å². The first-order chi connectivity index (χ1) is 19.8. The van der Waals surface area contributed by atoms with Gasteiger partial charge in [0.15, 0.2) is 0 Å². The molecule has 4 rings (SSSR count). The molecule has 0 heterocycles. The van der Waals surface area contributed by atoms with E-state index in [-0.39, 0.29) is 22.9 Å². The summed E-state index contributed by atoms with van der Waals surface area (Å²) in [6, 6.07) is 18.7. The summed E-state index contributed by atoms with van der Waals surface area (Å²) in [6.45, 7) is 3.76. The van der Waals surface area contributed by atoms with Crippen molar-refractivity contribution >= 4 is 47.5 Å². The Hall–Kier alpha value is -3.48. The van der Waals surface area contributed by atoms with Gasteiger partial charge in [-0.25, -0.2) is 0 Å². The highest BCUT2D eigenvalue weighted by Crippen LogP contribution is 2.36. The maximum atomic E-state index is 13.6.